The highest BCUT2D eigenvalue weighted by Crippen LogP contribution is 2.62. The van der Waals surface area contributed by atoms with Crippen molar-refractivity contribution in [1.29, 1.82) is 0 Å². The third-order valence-electron chi connectivity index (χ3n) is 3.75. The fourth-order valence-electron chi connectivity index (χ4n) is 2.96. The zero-order valence-corrected chi connectivity index (χ0v) is 8.12. The Balaban J connectivity index is 2.28. The molecule has 0 bridgehead atoms. The maximum atomic E-state index is 4.50. The van der Waals surface area contributed by atoms with Crippen LogP contribution in [0, 0.1) is 6.92 Å². The maximum Gasteiger partial charge on any atom is 0.0736 e. The Morgan fingerprint density at radius 1 is 1.14 bits per heavy atom. The van der Waals surface area contributed by atoms with Crippen LogP contribution < -0.4 is 0 Å². The van der Waals surface area contributed by atoms with E-state index in [2.05, 4.69) is 30.1 Å². The Kier molecular flexibility index (Phi) is 0.999. The second-order valence-corrected chi connectivity index (χ2v) is 4.54. The molecule has 1 heteroatoms. The van der Waals surface area contributed by atoms with E-state index in [4.69, 9.17) is 0 Å². The first-order valence-corrected chi connectivity index (χ1v) is 5.24. The Hall–Kier alpha value is -1.37. The first-order valence-electron chi connectivity index (χ1n) is 5.24. The molecule has 1 saturated carbocycles. The first-order chi connectivity index (χ1) is 6.86. The van der Waals surface area contributed by atoms with Crippen LogP contribution in [0.15, 0.2) is 24.4 Å². The molecule has 4 rings (SSSR count). The van der Waals surface area contributed by atoms with Gasteiger partial charge in [-0.25, -0.2) is 0 Å². The van der Waals surface area contributed by atoms with Crippen molar-refractivity contribution >= 4 is 10.9 Å². The lowest BCUT2D eigenvalue weighted by Gasteiger charge is -2.06. The van der Waals surface area contributed by atoms with Gasteiger partial charge in [0.05, 0.1) is 5.52 Å². The van der Waals surface area contributed by atoms with Gasteiger partial charge in [-0.05, 0) is 47.9 Å². The van der Waals surface area contributed by atoms with E-state index < -0.39 is 0 Å². The van der Waals surface area contributed by atoms with E-state index in [9.17, 15) is 0 Å². The lowest BCUT2D eigenvalue weighted by molar-refractivity contribution is 1.10. The smallest absolute Gasteiger partial charge is 0.0736 e. The largest absolute Gasteiger partial charge is 0.256 e. The van der Waals surface area contributed by atoms with Gasteiger partial charge < -0.3 is 0 Å². The number of aromatic nitrogens is 1. The topological polar surface area (TPSA) is 12.9 Å². The van der Waals surface area contributed by atoms with Crippen molar-refractivity contribution < 1.29 is 0 Å². The van der Waals surface area contributed by atoms with Crippen LogP contribution >= 0.6 is 0 Å². The average Bonchev–Trinajstić information content (AvgIpc) is 2.93. The van der Waals surface area contributed by atoms with Gasteiger partial charge in [-0.1, -0.05) is 12.1 Å². The SMILES string of the molecule is Cc1ccc2c3c(ccnc13)C1CC21. The normalized spacial score (nSPS) is 26.6. The summed E-state index contributed by atoms with van der Waals surface area (Å²) in [6, 6.07) is 6.73. The molecule has 68 valence electrons. The van der Waals surface area contributed by atoms with Crippen molar-refractivity contribution in [2.24, 2.45) is 0 Å². The number of pyridine rings is 1. The van der Waals surface area contributed by atoms with Crippen LogP contribution in [0.5, 0.6) is 0 Å². The lowest BCUT2D eigenvalue weighted by Crippen LogP contribution is -1.88. The van der Waals surface area contributed by atoms with Gasteiger partial charge in [0, 0.05) is 11.6 Å². The van der Waals surface area contributed by atoms with Crippen molar-refractivity contribution in [3.8, 4) is 0 Å². The van der Waals surface area contributed by atoms with E-state index in [-0.39, 0.29) is 0 Å². The van der Waals surface area contributed by atoms with Gasteiger partial charge in [0.15, 0.2) is 0 Å². The summed E-state index contributed by atoms with van der Waals surface area (Å²) in [4.78, 5) is 4.50. The summed E-state index contributed by atoms with van der Waals surface area (Å²) in [5, 5.41) is 1.47. The molecule has 0 aliphatic heterocycles. The van der Waals surface area contributed by atoms with E-state index in [1.807, 2.05) is 6.20 Å². The van der Waals surface area contributed by atoms with Gasteiger partial charge in [0.1, 0.15) is 0 Å². The summed E-state index contributed by atoms with van der Waals surface area (Å²) in [5.74, 6) is 1.66. The molecule has 0 N–H and O–H groups in total. The van der Waals surface area contributed by atoms with Crippen LogP contribution in [0.25, 0.3) is 10.9 Å². The molecule has 2 unspecified atom stereocenters. The van der Waals surface area contributed by atoms with E-state index in [0.29, 0.717) is 0 Å². The summed E-state index contributed by atoms with van der Waals surface area (Å²) >= 11 is 0. The predicted octanol–water partition coefficient (Wildman–Crippen LogP) is 3.13. The molecule has 1 aromatic heterocycles. The number of hydrogen-bond donors (Lipinski definition) is 0. The van der Waals surface area contributed by atoms with Gasteiger partial charge in [0.25, 0.3) is 0 Å². The van der Waals surface area contributed by atoms with Crippen molar-refractivity contribution in [2.45, 2.75) is 25.2 Å². The molecule has 2 aliphatic carbocycles. The summed E-state index contributed by atoms with van der Waals surface area (Å²) in [6.07, 6.45) is 3.34. The molecule has 1 fully saturated rings. The highest BCUT2D eigenvalue weighted by atomic mass is 14.7. The third kappa shape index (κ3) is 0.628. The number of nitrogens with zero attached hydrogens (tertiary/aromatic N) is 1. The summed E-state index contributed by atoms with van der Waals surface area (Å²) in [5.41, 5.74) is 5.65. The zero-order valence-electron chi connectivity index (χ0n) is 8.12. The molecule has 0 amide bonds. The van der Waals surface area contributed by atoms with E-state index in [1.165, 1.54) is 22.9 Å². The van der Waals surface area contributed by atoms with Crippen LogP contribution in [-0.2, 0) is 0 Å². The Morgan fingerprint density at radius 3 is 2.79 bits per heavy atom. The van der Waals surface area contributed by atoms with E-state index in [1.54, 1.807) is 11.1 Å². The highest BCUT2D eigenvalue weighted by molar-refractivity contribution is 5.93. The van der Waals surface area contributed by atoms with Crippen LogP contribution in [0.1, 0.15) is 34.9 Å². The van der Waals surface area contributed by atoms with Crippen LogP contribution in [-0.4, -0.2) is 4.98 Å². The zero-order chi connectivity index (χ0) is 9.28. The Morgan fingerprint density at radius 2 is 1.93 bits per heavy atom. The Labute approximate surface area is 82.8 Å². The maximum absolute atomic E-state index is 4.50. The van der Waals surface area contributed by atoms with Gasteiger partial charge in [-0.3, -0.25) is 4.98 Å². The first kappa shape index (κ1) is 6.99. The molecular formula is C13H11N. The lowest BCUT2D eigenvalue weighted by atomic mass is 10.0. The molecule has 1 nitrogen and oxygen atoms in total. The van der Waals surface area contributed by atoms with Crippen LogP contribution in [0.4, 0.5) is 0 Å². The van der Waals surface area contributed by atoms with Crippen LogP contribution in [0.3, 0.4) is 0 Å². The van der Waals surface area contributed by atoms with E-state index >= 15 is 0 Å². The van der Waals surface area contributed by atoms with Gasteiger partial charge in [-0.2, -0.15) is 0 Å². The minimum absolute atomic E-state index is 0.831. The van der Waals surface area contributed by atoms with Crippen molar-refractivity contribution in [3.05, 3.63) is 41.1 Å². The monoisotopic (exact) mass is 181 g/mol. The summed E-state index contributed by atoms with van der Waals surface area (Å²) < 4.78 is 0. The fraction of sp³-hybridized carbons (Fsp3) is 0.308. The molecule has 1 aromatic carbocycles. The number of benzene rings is 1. The second kappa shape index (κ2) is 2.00. The number of hydrogen-bond acceptors (Lipinski definition) is 1. The third-order valence-corrected chi connectivity index (χ3v) is 3.75. The molecule has 14 heavy (non-hydrogen) atoms. The number of rotatable bonds is 0. The number of aryl methyl sites for hydroxylation is 1. The van der Waals surface area contributed by atoms with Crippen molar-refractivity contribution in [1.82, 2.24) is 4.98 Å². The molecule has 2 atom stereocenters. The second-order valence-electron chi connectivity index (χ2n) is 4.54. The fourth-order valence-corrected chi connectivity index (χ4v) is 2.96. The molecule has 0 spiro atoms. The molecular weight excluding hydrogens is 170 g/mol. The van der Waals surface area contributed by atoms with Gasteiger partial charge in [-0.15, -0.1) is 0 Å². The molecule has 0 radical (unpaired) electrons. The Bertz CT molecular complexity index is 542. The minimum Gasteiger partial charge on any atom is -0.256 e. The predicted molar refractivity (Wildman–Crippen MR) is 56.6 cm³/mol. The van der Waals surface area contributed by atoms with Gasteiger partial charge in [0.2, 0.25) is 0 Å². The minimum atomic E-state index is 0.831. The van der Waals surface area contributed by atoms with Crippen molar-refractivity contribution in [3.63, 3.8) is 0 Å². The van der Waals surface area contributed by atoms with Crippen molar-refractivity contribution in [2.75, 3.05) is 0 Å². The molecule has 0 saturated heterocycles. The molecule has 2 aliphatic rings. The van der Waals surface area contributed by atoms with E-state index in [0.717, 1.165) is 11.8 Å². The standard InChI is InChI=1S/C13H11N/c1-7-2-3-8-10-6-11(10)9-4-5-14-13(7)12(8)9/h2-5,10-11H,6H2,1H3. The number of fused-ring (bicyclic) bond motifs is 3. The van der Waals surface area contributed by atoms with Gasteiger partial charge >= 0.3 is 0 Å². The summed E-state index contributed by atoms with van der Waals surface area (Å²) in [7, 11) is 0. The highest BCUT2D eigenvalue weighted by Gasteiger charge is 2.46. The average molecular weight is 181 g/mol. The molecule has 2 aromatic rings. The molecule has 1 heterocycles. The quantitative estimate of drug-likeness (QED) is 0.608. The van der Waals surface area contributed by atoms with Crippen LogP contribution in [0.2, 0.25) is 0 Å². The summed E-state index contributed by atoms with van der Waals surface area (Å²) in [6.45, 7) is 2.15.